The van der Waals surface area contributed by atoms with Gasteiger partial charge < -0.3 is 4.74 Å². The van der Waals surface area contributed by atoms with Crippen molar-refractivity contribution in [2.75, 3.05) is 0 Å². The number of carbonyl (C=O) groups excluding carboxylic acids is 1. The molecule has 6 heteroatoms. The standard InChI is InChI=1S/C14H10INO4/c1-9(17)13-8-11(16(18)19)5-6-14(13)20-12-4-2-3-10(15)7-12/h2-8H,1H3. The summed E-state index contributed by atoms with van der Waals surface area (Å²) in [6, 6.07) is 11.3. The molecule has 0 aliphatic carbocycles. The number of carbonyl (C=O) groups is 1. The van der Waals surface area contributed by atoms with Crippen molar-refractivity contribution in [3.63, 3.8) is 0 Å². The van der Waals surface area contributed by atoms with E-state index in [2.05, 4.69) is 22.6 Å². The van der Waals surface area contributed by atoms with Crippen LogP contribution in [0.15, 0.2) is 42.5 Å². The van der Waals surface area contributed by atoms with Crippen molar-refractivity contribution in [1.29, 1.82) is 0 Å². The van der Waals surface area contributed by atoms with E-state index >= 15 is 0 Å². The van der Waals surface area contributed by atoms with Crippen molar-refractivity contribution < 1.29 is 14.5 Å². The Hall–Kier alpha value is -1.96. The van der Waals surface area contributed by atoms with Gasteiger partial charge in [0.2, 0.25) is 0 Å². The van der Waals surface area contributed by atoms with Crippen LogP contribution >= 0.6 is 22.6 Å². The molecule has 0 radical (unpaired) electrons. The molecule has 0 saturated heterocycles. The second-order valence-electron chi connectivity index (χ2n) is 4.05. The van der Waals surface area contributed by atoms with E-state index in [-0.39, 0.29) is 17.0 Å². The summed E-state index contributed by atoms with van der Waals surface area (Å²) < 4.78 is 6.63. The summed E-state index contributed by atoms with van der Waals surface area (Å²) in [6.07, 6.45) is 0. The molecule has 2 aromatic carbocycles. The fourth-order valence-electron chi connectivity index (χ4n) is 1.65. The van der Waals surface area contributed by atoms with E-state index in [1.165, 1.54) is 25.1 Å². The van der Waals surface area contributed by atoms with Crippen LogP contribution in [0.3, 0.4) is 0 Å². The van der Waals surface area contributed by atoms with Gasteiger partial charge in [0.1, 0.15) is 11.5 Å². The molecule has 102 valence electrons. The van der Waals surface area contributed by atoms with Crippen molar-refractivity contribution in [2.24, 2.45) is 0 Å². The topological polar surface area (TPSA) is 69.4 Å². The lowest BCUT2D eigenvalue weighted by atomic mass is 10.1. The molecule has 0 heterocycles. The zero-order valence-corrected chi connectivity index (χ0v) is 12.7. The number of nitrogens with zero attached hydrogens (tertiary/aromatic N) is 1. The molecule has 0 spiro atoms. The third-order valence-corrected chi connectivity index (χ3v) is 3.25. The van der Waals surface area contributed by atoms with Crippen LogP contribution in [0.5, 0.6) is 11.5 Å². The molecular formula is C14H10INO4. The summed E-state index contributed by atoms with van der Waals surface area (Å²) in [5, 5.41) is 10.7. The Kier molecular flexibility index (Phi) is 4.33. The van der Waals surface area contributed by atoms with Gasteiger partial charge in [0.25, 0.3) is 5.69 Å². The third kappa shape index (κ3) is 3.32. The first kappa shape index (κ1) is 14.4. The number of ketones is 1. The van der Waals surface area contributed by atoms with Crippen LogP contribution in [-0.4, -0.2) is 10.7 Å². The van der Waals surface area contributed by atoms with E-state index in [1.54, 1.807) is 6.07 Å². The fourth-order valence-corrected chi connectivity index (χ4v) is 2.17. The monoisotopic (exact) mass is 383 g/mol. The minimum atomic E-state index is -0.540. The summed E-state index contributed by atoms with van der Waals surface area (Å²) >= 11 is 2.15. The maximum absolute atomic E-state index is 11.6. The van der Waals surface area contributed by atoms with Crippen molar-refractivity contribution in [3.8, 4) is 11.5 Å². The Morgan fingerprint density at radius 3 is 2.60 bits per heavy atom. The highest BCUT2D eigenvalue weighted by atomic mass is 127. The number of nitro benzene ring substituents is 1. The highest BCUT2D eigenvalue weighted by Crippen LogP contribution is 2.29. The van der Waals surface area contributed by atoms with Crippen LogP contribution < -0.4 is 4.74 Å². The smallest absolute Gasteiger partial charge is 0.270 e. The van der Waals surface area contributed by atoms with Crippen LogP contribution in [0.4, 0.5) is 5.69 Å². The van der Waals surface area contributed by atoms with Crippen LogP contribution in [-0.2, 0) is 0 Å². The molecule has 0 saturated carbocycles. The Labute approximate surface area is 128 Å². The molecule has 20 heavy (non-hydrogen) atoms. The minimum absolute atomic E-state index is 0.134. The van der Waals surface area contributed by atoms with Crippen molar-refractivity contribution in [3.05, 3.63) is 61.7 Å². The number of hydrogen-bond acceptors (Lipinski definition) is 4. The van der Waals surface area contributed by atoms with Gasteiger partial charge in [-0.25, -0.2) is 0 Å². The van der Waals surface area contributed by atoms with Gasteiger partial charge in [-0.15, -0.1) is 0 Å². The highest BCUT2D eigenvalue weighted by molar-refractivity contribution is 14.1. The molecule has 0 unspecified atom stereocenters. The Bertz CT molecular complexity index is 685. The van der Waals surface area contributed by atoms with Gasteiger partial charge in [-0.1, -0.05) is 6.07 Å². The number of Topliss-reactive ketones (excluding diaryl/α,β-unsaturated/α-hetero) is 1. The van der Waals surface area contributed by atoms with Crippen LogP contribution in [0.25, 0.3) is 0 Å². The number of benzene rings is 2. The lowest BCUT2D eigenvalue weighted by Crippen LogP contribution is -1.99. The van der Waals surface area contributed by atoms with Crippen molar-refractivity contribution in [1.82, 2.24) is 0 Å². The van der Waals surface area contributed by atoms with Crippen molar-refractivity contribution >= 4 is 34.1 Å². The van der Waals surface area contributed by atoms with Crippen LogP contribution in [0.1, 0.15) is 17.3 Å². The Morgan fingerprint density at radius 1 is 1.25 bits per heavy atom. The molecule has 5 nitrogen and oxygen atoms in total. The van der Waals surface area contributed by atoms with Crippen LogP contribution in [0.2, 0.25) is 0 Å². The van der Waals surface area contributed by atoms with E-state index in [4.69, 9.17) is 4.74 Å². The van der Waals surface area contributed by atoms with Gasteiger partial charge in [-0.05, 0) is 53.8 Å². The minimum Gasteiger partial charge on any atom is -0.457 e. The molecule has 0 amide bonds. The van der Waals surface area contributed by atoms with Gasteiger partial charge in [-0.3, -0.25) is 14.9 Å². The average Bonchev–Trinajstić information content (AvgIpc) is 2.38. The quantitative estimate of drug-likeness (QED) is 0.344. The molecule has 2 aromatic rings. The van der Waals surface area contributed by atoms with E-state index in [0.717, 1.165) is 3.57 Å². The Balaban J connectivity index is 2.41. The van der Waals surface area contributed by atoms with Gasteiger partial charge in [0.05, 0.1) is 10.5 Å². The van der Waals surface area contributed by atoms with Gasteiger partial charge in [0, 0.05) is 15.7 Å². The molecule has 0 N–H and O–H groups in total. The zero-order chi connectivity index (χ0) is 14.7. The predicted molar refractivity (Wildman–Crippen MR) is 82.3 cm³/mol. The molecule has 0 fully saturated rings. The summed E-state index contributed by atoms with van der Waals surface area (Å²) in [5.41, 5.74) is 0.0586. The maximum atomic E-state index is 11.6. The number of halogens is 1. The number of rotatable bonds is 4. The van der Waals surface area contributed by atoms with E-state index in [0.29, 0.717) is 11.5 Å². The van der Waals surface area contributed by atoms with E-state index in [1.807, 2.05) is 18.2 Å². The lowest BCUT2D eigenvalue weighted by molar-refractivity contribution is -0.384. The largest absolute Gasteiger partial charge is 0.457 e. The number of ether oxygens (including phenoxy) is 1. The molecule has 0 aromatic heterocycles. The predicted octanol–water partition coefficient (Wildman–Crippen LogP) is 4.19. The molecule has 0 aliphatic rings. The molecular weight excluding hydrogens is 373 g/mol. The maximum Gasteiger partial charge on any atom is 0.270 e. The summed E-state index contributed by atoms with van der Waals surface area (Å²) in [5.74, 6) is 0.604. The SMILES string of the molecule is CC(=O)c1cc([N+](=O)[O-])ccc1Oc1cccc(I)c1. The van der Waals surface area contributed by atoms with Gasteiger partial charge >= 0.3 is 0 Å². The average molecular weight is 383 g/mol. The number of non-ortho nitro benzene ring substituents is 1. The first-order valence-electron chi connectivity index (χ1n) is 5.70. The second kappa shape index (κ2) is 6.00. The van der Waals surface area contributed by atoms with Crippen LogP contribution in [0, 0.1) is 13.7 Å². The first-order chi connectivity index (χ1) is 9.47. The molecule has 0 aliphatic heterocycles. The number of hydrogen-bond donors (Lipinski definition) is 0. The zero-order valence-electron chi connectivity index (χ0n) is 10.5. The summed E-state index contributed by atoms with van der Waals surface area (Å²) in [7, 11) is 0. The van der Waals surface area contributed by atoms with E-state index < -0.39 is 4.92 Å². The summed E-state index contributed by atoms with van der Waals surface area (Å²) in [4.78, 5) is 21.8. The van der Waals surface area contributed by atoms with Gasteiger partial charge in [0.15, 0.2) is 5.78 Å². The first-order valence-corrected chi connectivity index (χ1v) is 6.78. The number of nitro groups is 1. The van der Waals surface area contributed by atoms with E-state index in [9.17, 15) is 14.9 Å². The third-order valence-electron chi connectivity index (χ3n) is 2.58. The normalized spacial score (nSPS) is 10.1. The lowest BCUT2D eigenvalue weighted by Gasteiger charge is -2.09. The molecule has 0 atom stereocenters. The van der Waals surface area contributed by atoms with Crippen molar-refractivity contribution in [2.45, 2.75) is 6.92 Å². The highest BCUT2D eigenvalue weighted by Gasteiger charge is 2.15. The fraction of sp³-hybridized carbons (Fsp3) is 0.0714. The Morgan fingerprint density at radius 2 is 2.00 bits per heavy atom. The van der Waals surface area contributed by atoms with Gasteiger partial charge in [-0.2, -0.15) is 0 Å². The molecule has 2 rings (SSSR count). The second-order valence-corrected chi connectivity index (χ2v) is 5.30. The summed E-state index contributed by atoms with van der Waals surface area (Å²) in [6.45, 7) is 1.35. The molecule has 0 bridgehead atoms.